The van der Waals surface area contributed by atoms with Crippen LogP contribution in [0.1, 0.15) is 46.0 Å². The normalized spacial score (nSPS) is 15.7. The highest BCUT2D eigenvalue weighted by Crippen LogP contribution is 2.38. The molecule has 0 spiro atoms. The third-order valence-electron chi connectivity index (χ3n) is 5.53. The zero-order chi connectivity index (χ0) is 19.8. The van der Waals surface area contributed by atoms with Crippen LogP contribution in [0.2, 0.25) is 0 Å². The number of rotatable bonds is 3. The molecular formula is C23H22N4O. The van der Waals surface area contributed by atoms with Crippen LogP contribution in [0, 0.1) is 18.3 Å². The number of benzene rings is 2. The van der Waals surface area contributed by atoms with Crippen molar-refractivity contribution in [2.75, 3.05) is 10.2 Å². The molecular weight excluding hydrogens is 348 g/mol. The first-order chi connectivity index (χ1) is 13.5. The van der Waals surface area contributed by atoms with Gasteiger partial charge in [-0.05, 0) is 49.2 Å². The van der Waals surface area contributed by atoms with Crippen molar-refractivity contribution in [2.45, 2.75) is 26.4 Å². The summed E-state index contributed by atoms with van der Waals surface area (Å²) in [5, 5.41) is 12.9. The molecule has 0 fully saturated rings. The summed E-state index contributed by atoms with van der Waals surface area (Å²) in [5.74, 6) is -0.0506. The van der Waals surface area contributed by atoms with E-state index in [2.05, 4.69) is 30.4 Å². The Kier molecular flexibility index (Phi) is 4.40. The van der Waals surface area contributed by atoms with Gasteiger partial charge in [0.15, 0.2) is 0 Å². The van der Waals surface area contributed by atoms with E-state index in [1.165, 1.54) is 5.56 Å². The van der Waals surface area contributed by atoms with Gasteiger partial charge in [-0.3, -0.25) is 9.69 Å². The summed E-state index contributed by atoms with van der Waals surface area (Å²) in [7, 11) is 1.87. The lowest BCUT2D eigenvalue weighted by Crippen LogP contribution is -2.43. The minimum Gasteiger partial charge on any atom is -0.360 e. The lowest BCUT2D eigenvalue weighted by molar-refractivity contribution is 0.0975. The van der Waals surface area contributed by atoms with Crippen molar-refractivity contribution < 1.29 is 4.79 Å². The van der Waals surface area contributed by atoms with E-state index in [0.29, 0.717) is 11.3 Å². The van der Waals surface area contributed by atoms with Gasteiger partial charge in [-0.1, -0.05) is 31.2 Å². The predicted molar refractivity (Wildman–Crippen MR) is 110 cm³/mol. The van der Waals surface area contributed by atoms with Crippen LogP contribution in [0.25, 0.3) is 0 Å². The highest BCUT2D eigenvalue weighted by atomic mass is 16.2. The van der Waals surface area contributed by atoms with Gasteiger partial charge >= 0.3 is 0 Å². The van der Waals surface area contributed by atoms with Crippen LogP contribution in [0.4, 0.5) is 11.4 Å². The molecule has 1 aliphatic heterocycles. The maximum atomic E-state index is 13.4. The van der Waals surface area contributed by atoms with Crippen LogP contribution < -0.4 is 10.2 Å². The molecule has 0 unspecified atom stereocenters. The van der Waals surface area contributed by atoms with Gasteiger partial charge in [0.2, 0.25) is 0 Å². The number of hydrogen-bond acceptors (Lipinski definition) is 3. The first-order valence-corrected chi connectivity index (χ1v) is 9.39. The fourth-order valence-corrected chi connectivity index (χ4v) is 3.74. The van der Waals surface area contributed by atoms with E-state index >= 15 is 0 Å². The van der Waals surface area contributed by atoms with Gasteiger partial charge in [0.1, 0.15) is 17.9 Å². The van der Waals surface area contributed by atoms with Gasteiger partial charge in [0.25, 0.3) is 5.91 Å². The number of fused-ring (bicyclic) bond motifs is 1. The third kappa shape index (κ3) is 2.74. The number of carbonyl (C=O) groups is 1. The largest absolute Gasteiger partial charge is 0.360 e. The summed E-state index contributed by atoms with van der Waals surface area (Å²) in [6.07, 6.45) is 0.561. The first-order valence-electron chi connectivity index (χ1n) is 9.39. The molecule has 3 aromatic rings. The second kappa shape index (κ2) is 6.90. The molecule has 5 nitrogen and oxygen atoms in total. The number of nitrogens with zero attached hydrogens (tertiary/aromatic N) is 3. The van der Waals surface area contributed by atoms with Crippen LogP contribution in [0.15, 0.2) is 54.6 Å². The highest BCUT2D eigenvalue weighted by molar-refractivity contribution is 6.12. The third-order valence-corrected chi connectivity index (χ3v) is 5.53. The van der Waals surface area contributed by atoms with Gasteiger partial charge in [-0.15, -0.1) is 0 Å². The van der Waals surface area contributed by atoms with E-state index in [4.69, 9.17) is 0 Å². The van der Waals surface area contributed by atoms with Crippen molar-refractivity contribution in [2.24, 2.45) is 7.05 Å². The molecule has 0 saturated heterocycles. The Morgan fingerprint density at radius 3 is 2.50 bits per heavy atom. The topological polar surface area (TPSA) is 61.1 Å². The summed E-state index contributed by atoms with van der Waals surface area (Å²) in [5.41, 5.74) is 5.95. The number of hydrogen-bond donors (Lipinski definition) is 1. The maximum absolute atomic E-state index is 13.4. The van der Waals surface area contributed by atoms with Gasteiger partial charge in [0, 0.05) is 29.7 Å². The molecule has 2 aromatic carbocycles. The van der Waals surface area contributed by atoms with E-state index in [0.717, 1.165) is 29.1 Å². The predicted octanol–water partition coefficient (Wildman–Crippen LogP) is 4.54. The Morgan fingerprint density at radius 2 is 1.86 bits per heavy atom. The lowest BCUT2D eigenvalue weighted by Gasteiger charge is -2.38. The monoisotopic (exact) mass is 370 g/mol. The molecule has 1 atom stereocenters. The second-order valence-corrected chi connectivity index (χ2v) is 7.03. The molecule has 0 radical (unpaired) electrons. The number of para-hydroxylation sites is 1. The van der Waals surface area contributed by atoms with E-state index in [-0.39, 0.29) is 12.1 Å². The number of carbonyl (C=O) groups excluding carboxylic acids is 1. The quantitative estimate of drug-likeness (QED) is 0.736. The zero-order valence-corrected chi connectivity index (χ0v) is 16.2. The molecule has 5 heteroatoms. The van der Waals surface area contributed by atoms with E-state index in [9.17, 15) is 10.1 Å². The molecule has 140 valence electrons. The molecule has 2 heterocycles. The van der Waals surface area contributed by atoms with Crippen LogP contribution >= 0.6 is 0 Å². The van der Waals surface area contributed by atoms with Crippen molar-refractivity contribution >= 4 is 17.3 Å². The maximum Gasteiger partial charge on any atom is 0.262 e. The van der Waals surface area contributed by atoms with Crippen LogP contribution in [0.3, 0.4) is 0 Å². The van der Waals surface area contributed by atoms with E-state index < -0.39 is 0 Å². The molecule has 4 rings (SSSR count). The molecule has 0 aliphatic carbocycles. The molecule has 1 aliphatic rings. The summed E-state index contributed by atoms with van der Waals surface area (Å²) >= 11 is 0. The Bertz CT molecular complexity index is 1090. The van der Waals surface area contributed by atoms with Gasteiger partial charge in [0.05, 0.1) is 5.56 Å². The Balaban J connectivity index is 1.88. The van der Waals surface area contributed by atoms with Crippen molar-refractivity contribution in [3.05, 3.63) is 82.7 Å². The molecule has 1 aromatic heterocycles. The second-order valence-electron chi connectivity index (χ2n) is 7.03. The molecule has 1 N–H and O–H groups in total. The van der Waals surface area contributed by atoms with Crippen LogP contribution in [-0.4, -0.2) is 10.5 Å². The molecule has 0 bridgehead atoms. The zero-order valence-electron chi connectivity index (χ0n) is 16.2. The number of anilines is 2. The first kappa shape index (κ1) is 17.9. The summed E-state index contributed by atoms with van der Waals surface area (Å²) in [6, 6.07) is 19.7. The summed E-state index contributed by atoms with van der Waals surface area (Å²) in [4.78, 5) is 15.2. The van der Waals surface area contributed by atoms with Crippen LogP contribution in [-0.2, 0) is 13.5 Å². The van der Waals surface area contributed by atoms with Crippen LogP contribution in [0.5, 0.6) is 0 Å². The average Bonchev–Trinajstić information content (AvgIpc) is 3.02. The fourth-order valence-electron chi connectivity index (χ4n) is 3.74. The summed E-state index contributed by atoms with van der Waals surface area (Å²) < 4.78 is 1.86. The number of nitriles is 1. The number of aryl methyl sites for hydroxylation is 1. The number of amides is 1. The molecule has 1 amide bonds. The van der Waals surface area contributed by atoms with E-state index in [1.807, 2.05) is 61.0 Å². The standard InChI is InChI=1S/C23H22N4O/c1-4-16-9-11-17(12-10-16)27-22(20-13-18(14-24)26(3)15(20)2)25-21-8-6-5-7-19(21)23(27)28/h5-13,22,25H,4H2,1-3H3/t22-/m1/s1. The van der Waals surface area contributed by atoms with Crippen molar-refractivity contribution in [1.29, 1.82) is 5.26 Å². The highest BCUT2D eigenvalue weighted by Gasteiger charge is 2.35. The van der Waals surface area contributed by atoms with Crippen molar-refractivity contribution in [3.63, 3.8) is 0 Å². The Hall–Kier alpha value is -3.52. The SMILES string of the molecule is CCc1ccc(N2C(=O)c3ccccc3N[C@H]2c2cc(C#N)n(C)c2C)cc1. The smallest absolute Gasteiger partial charge is 0.262 e. The lowest BCUT2D eigenvalue weighted by atomic mass is 10.0. The molecule has 28 heavy (non-hydrogen) atoms. The Morgan fingerprint density at radius 1 is 1.14 bits per heavy atom. The average molecular weight is 370 g/mol. The fraction of sp³-hybridized carbons (Fsp3) is 0.217. The summed E-state index contributed by atoms with van der Waals surface area (Å²) in [6.45, 7) is 4.08. The number of nitrogens with one attached hydrogen (secondary N) is 1. The minimum absolute atomic E-state index is 0.0506. The number of aromatic nitrogens is 1. The van der Waals surface area contributed by atoms with Gasteiger partial charge < -0.3 is 9.88 Å². The van der Waals surface area contributed by atoms with E-state index in [1.54, 1.807) is 4.90 Å². The van der Waals surface area contributed by atoms with Gasteiger partial charge in [-0.25, -0.2) is 0 Å². The van der Waals surface area contributed by atoms with Crippen molar-refractivity contribution in [3.8, 4) is 6.07 Å². The van der Waals surface area contributed by atoms with Crippen molar-refractivity contribution in [1.82, 2.24) is 4.57 Å². The molecule has 0 saturated carbocycles. The minimum atomic E-state index is -0.386. The Labute approximate surface area is 164 Å². The van der Waals surface area contributed by atoms with Gasteiger partial charge in [-0.2, -0.15) is 5.26 Å².